The van der Waals surface area contributed by atoms with Gasteiger partial charge in [0.2, 0.25) is 11.7 Å². The largest absolute Gasteiger partial charge is 0.479 e. The molecule has 2 heterocycles. The van der Waals surface area contributed by atoms with Crippen LogP contribution in [0, 0.1) is 10.1 Å². The van der Waals surface area contributed by atoms with Crippen LogP contribution in [0.3, 0.4) is 0 Å². The number of hydrogen-bond donors (Lipinski definition) is 0. The highest BCUT2D eigenvalue weighted by atomic mass is 32.1. The molecule has 9 heteroatoms. The highest BCUT2D eigenvalue weighted by molar-refractivity contribution is 7.14. The molecule has 144 valence electrons. The monoisotopic (exact) mass is 398 g/mol. The van der Waals surface area contributed by atoms with E-state index in [-0.39, 0.29) is 24.1 Å². The van der Waals surface area contributed by atoms with Crippen LogP contribution in [-0.2, 0) is 17.8 Å². The van der Waals surface area contributed by atoms with Gasteiger partial charge in [-0.05, 0) is 46.2 Å². The summed E-state index contributed by atoms with van der Waals surface area (Å²) in [5.41, 5.74) is 2.47. The first kappa shape index (κ1) is 19.4. The van der Waals surface area contributed by atoms with E-state index in [1.54, 1.807) is 11.4 Å². The van der Waals surface area contributed by atoms with E-state index in [0.717, 1.165) is 12.1 Å². The predicted molar refractivity (Wildman–Crippen MR) is 106 cm³/mol. The van der Waals surface area contributed by atoms with Crippen LogP contribution >= 0.6 is 11.3 Å². The number of carbonyl (C=O) groups is 1. The van der Waals surface area contributed by atoms with Crippen molar-refractivity contribution in [2.45, 2.75) is 26.9 Å². The number of nitro groups is 1. The number of ether oxygens (including phenoxy) is 1. The van der Waals surface area contributed by atoms with E-state index in [0.29, 0.717) is 10.8 Å². The Hall–Kier alpha value is -3.33. The number of aryl methyl sites for hydroxylation is 1. The zero-order valence-corrected chi connectivity index (χ0v) is 16.2. The van der Waals surface area contributed by atoms with E-state index in [4.69, 9.17) is 4.74 Å². The van der Waals surface area contributed by atoms with E-state index < -0.39 is 4.92 Å². The molecule has 0 N–H and O–H groups in total. The zero-order valence-electron chi connectivity index (χ0n) is 15.4. The first-order valence-corrected chi connectivity index (χ1v) is 9.43. The summed E-state index contributed by atoms with van der Waals surface area (Å²) in [4.78, 5) is 32.3. The van der Waals surface area contributed by atoms with Gasteiger partial charge in [-0.25, -0.2) is 4.98 Å². The molecule has 1 aromatic carbocycles. The first-order chi connectivity index (χ1) is 13.5. The van der Waals surface area contributed by atoms with Crippen molar-refractivity contribution in [3.8, 4) is 5.75 Å². The van der Waals surface area contributed by atoms with Crippen LogP contribution in [0.4, 0.5) is 16.6 Å². The molecule has 0 bridgehead atoms. The molecule has 1 amide bonds. The van der Waals surface area contributed by atoms with E-state index in [1.807, 2.05) is 24.3 Å². The molecule has 0 aliphatic carbocycles. The Labute approximate surface area is 165 Å². The van der Waals surface area contributed by atoms with E-state index in [2.05, 4.69) is 16.9 Å². The van der Waals surface area contributed by atoms with Crippen LogP contribution in [0.2, 0.25) is 0 Å². The van der Waals surface area contributed by atoms with Gasteiger partial charge in [0.25, 0.3) is 0 Å². The van der Waals surface area contributed by atoms with E-state index in [9.17, 15) is 14.9 Å². The Kier molecular flexibility index (Phi) is 5.95. The van der Waals surface area contributed by atoms with Crippen molar-refractivity contribution in [3.05, 3.63) is 69.3 Å². The highest BCUT2D eigenvalue weighted by Gasteiger charge is 2.19. The number of nitrogens with zero attached hydrogens (tertiary/aromatic N) is 4. The second kappa shape index (κ2) is 8.57. The average molecular weight is 398 g/mol. The van der Waals surface area contributed by atoms with Gasteiger partial charge >= 0.3 is 5.82 Å². The number of amides is 1. The number of rotatable bonds is 7. The van der Waals surface area contributed by atoms with Gasteiger partial charge in [-0.3, -0.25) is 9.69 Å². The SMILES string of the molecule is CCc1ccc(N(C(C)=O)c2nc(COc3cccnc3[N+](=O)[O-])cs2)cc1. The maximum atomic E-state index is 12.2. The summed E-state index contributed by atoms with van der Waals surface area (Å²) >= 11 is 1.30. The first-order valence-electron chi connectivity index (χ1n) is 8.55. The Morgan fingerprint density at radius 1 is 1.29 bits per heavy atom. The number of carbonyl (C=O) groups excluding carboxylic acids is 1. The molecule has 3 rings (SSSR count). The van der Waals surface area contributed by atoms with Crippen LogP contribution in [0.5, 0.6) is 5.75 Å². The number of thiazole rings is 1. The van der Waals surface area contributed by atoms with Crippen molar-refractivity contribution in [1.29, 1.82) is 0 Å². The Morgan fingerprint density at radius 3 is 2.68 bits per heavy atom. The summed E-state index contributed by atoms with van der Waals surface area (Å²) in [6.07, 6.45) is 2.25. The van der Waals surface area contributed by atoms with Crippen molar-refractivity contribution in [2.75, 3.05) is 4.90 Å². The van der Waals surface area contributed by atoms with Gasteiger partial charge in [-0.15, -0.1) is 11.3 Å². The molecule has 0 fully saturated rings. The van der Waals surface area contributed by atoms with Crippen LogP contribution in [0.25, 0.3) is 0 Å². The van der Waals surface area contributed by atoms with Crippen molar-refractivity contribution in [3.63, 3.8) is 0 Å². The summed E-state index contributed by atoms with van der Waals surface area (Å²) in [5.74, 6) is -0.436. The van der Waals surface area contributed by atoms with Gasteiger partial charge in [0.15, 0.2) is 5.13 Å². The fourth-order valence-corrected chi connectivity index (χ4v) is 3.43. The number of benzene rings is 1. The van der Waals surface area contributed by atoms with Gasteiger partial charge in [-0.2, -0.15) is 0 Å². The van der Waals surface area contributed by atoms with Crippen molar-refractivity contribution in [1.82, 2.24) is 9.97 Å². The maximum absolute atomic E-state index is 12.2. The smallest absolute Gasteiger partial charge is 0.406 e. The normalized spacial score (nSPS) is 10.5. The average Bonchev–Trinajstić information content (AvgIpc) is 3.15. The maximum Gasteiger partial charge on any atom is 0.406 e. The second-order valence-electron chi connectivity index (χ2n) is 5.87. The lowest BCUT2D eigenvalue weighted by atomic mass is 10.1. The molecule has 28 heavy (non-hydrogen) atoms. The third-order valence-electron chi connectivity index (χ3n) is 3.95. The summed E-state index contributed by atoms with van der Waals surface area (Å²) < 4.78 is 5.51. The number of hydrogen-bond acceptors (Lipinski definition) is 7. The lowest BCUT2D eigenvalue weighted by Gasteiger charge is -2.18. The molecule has 2 aromatic heterocycles. The fourth-order valence-electron chi connectivity index (χ4n) is 2.56. The highest BCUT2D eigenvalue weighted by Crippen LogP contribution is 2.30. The topological polar surface area (TPSA) is 98.5 Å². The minimum absolute atomic E-state index is 0.0313. The summed E-state index contributed by atoms with van der Waals surface area (Å²) in [6, 6.07) is 10.8. The molecule has 0 spiro atoms. The lowest BCUT2D eigenvalue weighted by molar-refractivity contribution is -0.390. The quantitative estimate of drug-likeness (QED) is 0.435. The molecular formula is C19H18N4O4S. The molecular weight excluding hydrogens is 380 g/mol. The Morgan fingerprint density at radius 2 is 2.04 bits per heavy atom. The minimum Gasteiger partial charge on any atom is -0.479 e. The fraction of sp³-hybridized carbons (Fsp3) is 0.211. The van der Waals surface area contributed by atoms with Crippen molar-refractivity contribution < 1.29 is 14.5 Å². The molecule has 0 aliphatic heterocycles. The molecule has 0 saturated heterocycles. The zero-order chi connectivity index (χ0) is 20.1. The van der Waals surface area contributed by atoms with E-state index >= 15 is 0 Å². The Balaban J connectivity index is 1.78. The van der Waals surface area contributed by atoms with Crippen molar-refractivity contribution >= 4 is 33.9 Å². The molecule has 0 saturated carbocycles. The molecule has 0 radical (unpaired) electrons. The van der Waals surface area contributed by atoms with Gasteiger partial charge in [0.05, 0.1) is 11.4 Å². The predicted octanol–water partition coefficient (Wildman–Crippen LogP) is 4.27. The summed E-state index contributed by atoms with van der Waals surface area (Å²) in [6.45, 7) is 3.57. The summed E-state index contributed by atoms with van der Waals surface area (Å²) in [7, 11) is 0. The molecule has 0 atom stereocenters. The van der Waals surface area contributed by atoms with Crippen molar-refractivity contribution in [2.24, 2.45) is 0 Å². The molecule has 3 aromatic rings. The number of anilines is 2. The van der Waals surface area contributed by atoms with E-state index in [1.165, 1.54) is 41.0 Å². The molecule has 8 nitrogen and oxygen atoms in total. The van der Waals surface area contributed by atoms with Gasteiger partial charge in [-0.1, -0.05) is 19.1 Å². The van der Waals surface area contributed by atoms with Gasteiger partial charge < -0.3 is 14.9 Å². The van der Waals surface area contributed by atoms with Crippen LogP contribution < -0.4 is 9.64 Å². The Bertz CT molecular complexity index is 988. The third kappa shape index (κ3) is 4.32. The van der Waals surface area contributed by atoms with Crippen LogP contribution in [0.1, 0.15) is 25.1 Å². The molecule has 0 aliphatic rings. The second-order valence-corrected chi connectivity index (χ2v) is 6.70. The third-order valence-corrected chi connectivity index (χ3v) is 4.82. The van der Waals surface area contributed by atoms with Crippen LogP contribution in [-0.4, -0.2) is 20.8 Å². The number of aromatic nitrogens is 2. The lowest BCUT2D eigenvalue weighted by Crippen LogP contribution is -2.22. The van der Waals surface area contributed by atoms with Crippen LogP contribution in [0.15, 0.2) is 48.0 Å². The van der Waals surface area contributed by atoms with Gasteiger partial charge in [0, 0.05) is 12.3 Å². The molecule has 0 unspecified atom stereocenters. The number of pyridine rings is 1. The summed E-state index contributed by atoms with van der Waals surface area (Å²) in [5, 5.41) is 13.3. The van der Waals surface area contributed by atoms with Gasteiger partial charge in [0.1, 0.15) is 12.8 Å². The standard InChI is InChI=1S/C19H18N4O4S/c1-3-14-6-8-16(9-7-14)22(13(2)24)19-21-15(12-28-19)11-27-17-5-4-10-20-18(17)23(25)26/h4-10,12H,3,11H2,1-2H3. The minimum atomic E-state index is -0.598.